The Balaban J connectivity index is 0.000000671. The van der Waals surface area contributed by atoms with Gasteiger partial charge in [-0.25, -0.2) is 0 Å². The van der Waals surface area contributed by atoms with Gasteiger partial charge in [-0.05, 0) is 31.9 Å². The second-order valence-electron chi connectivity index (χ2n) is 2.93. The van der Waals surface area contributed by atoms with Gasteiger partial charge in [-0.3, -0.25) is 0 Å². The van der Waals surface area contributed by atoms with Crippen LogP contribution in [-0.2, 0) is 4.79 Å². The zero-order chi connectivity index (χ0) is 10.4. The van der Waals surface area contributed by atoms with Crippen molar-refractivity contribution in [3.05, 3.63) is 28.8 Å². The van der Waals surface area contributed by atoms with Crippen molar-refractivity contribution in [3.63, 3.8) is 0 Å². The molecule has 0 bridgehead atoms. The fourth-order valence-corrected chi connectivity index (χ4v) is 1.49. The lowest BCUT2D eigenvalue weighted by atomic mass is 10.1. The van der Waals surface area contributed by atoms with Gasteiger partial charge in [0, 0.05) is 0 Å². The van der Waals surface area contributed by atoms with E-state index >= 15 is 0 Å². The van der Waals surface area contributed by atoms with Crippen molar-refractivity contribution in [2.75, 3.05) is 7.11 Å². The smallest absolute Gasteiger partial charge is 0.124 e. The lowest BCUT2D eigenvalue weighted by Crippen LogP contribution is -1.91. The first kappa shape index (κ1) is 11.7. The van der Waals surface area contributed by atoms with Crippen molar-refractivity contribution in [3.8, 4) is 5.75 Å². The number of hydrogen-bond donors (Lipinski definition) is 0. The predicted molar refractivity (Wildman–Crippen MR) is 54.3 cm³/mol. The first-order chi connectivity index (χ1) is 6.15. The quantitative estimate of drug-likeness (QED) is 0.663. The summed E-state index contributed by atoms with van der Waals surface area (Å²) in [5.41, 5.74) is 3.72. The molecule has 0 radical (unpaired) electrons. The van der Waals surface area contributed by atoms with Crippen LogP contribution in [0, 0.1) is 20.8 Å². The van der Waals surface area contributed by atoms with E-state index in [1.165, 1.54) is 16.7 Å². The van der Waals surface area contributed by atoms with E-state index in [0.717, 1.165) is 5.75 Å². The summed E-state index contributed by atoms with van der Waals surface area (Å²) in [5, 5.41) is 0. The van der Waals surface area contributed by atoms with Crippen LogP contribution in [-0.4, -0.2) is 13.9 Å². The number of carbonyl (C=O) groups excluding carboxylic acids is 1. The Morgan fingerprint density at radius 1 is 1.08 bits per heavy atom. The minimum Gasteiger partial charge on any atom is -0.496 e. The maximum Gasteiger partial charge on any atom is 0.124 e. The van der Waals surface area contributed by atoms with Gasteiger partial charge in [0.1, 0.15) is 12.5 Å². The van der Waals surface area contributed by atoms with Crippen molar-refractivity contribution in [2.24, 2.45) is 0 Å². The maximum absolute atomic E-state index is 8.00. The van der Waals surface area contributed by atoms with E-state index in [9.17, 15) is 0 Å². The maximum atomic E-state index is 8.00. The molecule has 0 amide bonds. The molecule has 0 atom stereocenters. The molecule has 0 aliphatic rings. The monoisotopic (exact) mass is 180 g/mol. The summed E-state index contributed by atoms with van der Waals surface area (Å²) in [6.07, 6.45) is 0. The molecule has 0 heterocycles. The molecule has 0 spiro atoms. The second-order valence-corrected chi connectivity index (χ2v) is 2.93. The summed E-state index contributed by atoms with van der Waals surface area (Å²) in [5.74, 6) is 1.01. The fourth-order valence-electron chi connectivity index (χ4n) is 1.49. The van der Waals surface area contributed by atoms with Gasteiger partial charge >= 0.3 is 0 Å². The average Bonchev–Trinajstić information content (AvgIpc) is 2.07. The van der Waals surface area contributed by atoms with Crippen LogP contribution in [0.2, 0.25) is 0 Å². The van der Waals surface area contributed by atoms with E-state index in [0.29, 0.717) is 0 Å². The van der Waals surface area contributed by atoms with Gasteiger partial charge < -0.3 is 9.53 Å². The molecule has 13 heavy (non-hydrogen) atoms. The molecule has 0 saturated heterocycles. The third kappa shape index (κ3) is 2.90. The van der Waals surface area contributed by atoms with Gasteiger partial charge in [0.05, 0.1) is 7.11 Å². The van der Waals surface area contributed by atoms with Gasteiger partial charge in [0.15, 0.2) is 0 Å². The lowest BCUT2D eigenvalue weighted by Gasteiger charge is -2.08. The molecular weight excluding hydrogens is 164 g/mol. The summed E-state index contributed by atoms with van der Waals surface area (Å²) in [7, 11) is 1.71. The van der Waals surface area contributed by atoms with Crippen molar-refractivity contribution in [2.45, 2.75) is 20.8 Å². The number of hydrogen-bond acceptors (Lipinski definition) is 2. The summed E-state index contributed by atoms with van der Waals surface area (Å²) in [6.45, 7) is 8.23. The molecule has 0 saturated carbocycles. The van der Waals surface area contributed by atoms with Crippen LogP contribution < -0.4 is 4.74 Å². The van der Waals surface area contributed by atoms with Crippen LogP contribution in [0.1, 0.15) is 16.7 Å². The molecule has 0 N–H and O–H groups in total. The molecule has 0 aliphatic carbocycles. The number of rotatable bonds is 1. The molecule has 1 aromatic carbocycles. The molecule has 2 nitrogen and oxygen atoms in total. The highest BCUT2D eigenvalue weighted by molar-refractivity contribution is 5.42. The van der Waals surface area contributed by atoms with Crippen LogP contribution in [0.25, 0.3) is 0 Å². The summed E-state index contributed by atoms with van der Waals surface area (Å²) in [4.78, 5) is 8.00. The van der Waals surface area contributed by atoms with Crippen molar-refractivity contribution in [1.29, 1.82) is 0 Å². The summed E-state index contributed by atoms with van der Waals surface area (Å²) < 4.78 is 5.23. The van der Waals surface area contributed by atoms with Crippen LogP contribution in [0.5, 0.6) is 5.75 Å². The highest BCUT2D eigenvalue weighted by Gasteiger charge is 2.01. The number of methoxy groups -OCH3 is 1. The molecular formula is C11H16O2. The summed E-state index contributed by atoms with van der Waals surface area (Å²) in [6, 6.07) is 4.26. The third-order valence-electron chi connectivity index (χ3n) is 1.81. The van der Waals surface area contributed by atoms with Gasteiger partial charge in [0.2, 0.25) is 0 Å². The highest BCUT2D eigenvalue weighted by Crippen LogP contribution is 2.23. The van der Waals surface area contributed by atoms with Gasteiger partial charge in [0.25, 0.3) is 0 Å². The highest BCUT2D eigenvalue weighted by atomic mass is 16.5. The Kier molecular flexibility index (Phi) is 4.82. The van der Waals surface area contributed by atoms with Crippen LogP contribution in [0.15, 0.2) is 12.1 Å². The molecule has 0 unspecified atom stereocenters. The molecule has 0 aliphatic heterocycles. The molecule has 1 rings (SSSR count). The average molecular weight is 180 g/mol. The molecule has 1 aromatic rings. The standard InChI is InChI=1S/C10H14O.CH2O/c1-7-5-8(2)10(11-4)9(3)6-7;1-2/h5-6H,1-4H3;1H2. The molecule has 72 valence electrons. The molecule has 0 fully saturated rings. The SMILES string of the molecule is C=O.COc1c(C)cc(C)cc1C. The zero-order valence-electron chi connectivity index (χ0n) is 8.68. The minimum atomic E-state index is 1.01. The number of carbonyl (C=O) groups is 1. The van der Waals surface area contributed by atoms with Gasteiger partial charge in [-0.1, -0.05) is 17.7 Å². The second kappa shape index (κ2) is 5.36. The first-order valence-corrected chi connectivity index (χ1v) is 4.06. The van der Waals surface area contributed by atoms with E-state index in [1.807, 2.05) is 6.79 Å². The first-order valence-electron chi connectivity index (χ1n) is 4.06. The van der Waals surface area contributed by atoms with Crippen molar-refractivity contribution in [1.82, 2.24) is 0 Å². The normalized spacial score (nSPS) is 8.62. The third-order valence-corrected chi connectivity index (χ3v) is 1.81. The predicted octanol–water partition coefficient (Wildman–Crippen LogP) is 2.44. The van der Waals surface area contributed by atoms with Crippen LogP contribution in [0.4, 0.5) is 0 Å². The van der Waals surface area contributed by atoms with Crippen molar-refractivity contribution < 1.29 is 9.53 Å². The number of ether oxygens (including phenoxy) is 1. The summed E-state index contributed by atoms with van der Waals surface area (Å²) >= 11 is 0. The number of benzene rings is 1. The van der Waals surface area contributed by atoms with Crippen molar-refractivity contribution >= 4 is 6.79 Å². The van der Waals surface area contributed by atoms with Gasteiger partial charge in [-0.15, -0.1) is 0 Å². The number of aryl methyl sites for hydroxylation is 3. The molecule has 0 aromatic heterocycles. The van der Waals surface area contributed by atoms with Crippen LogP contribution in [0.3, 0.4) is 0 Å². The van der Waals surface area contributed by atoms with Crippen LogP contribution >= 0.6 is 0 Å². The van der Waals surface area contributed by atoms with E-state index in [4.69, 9.17) is 9.53 Å². The zero-order valence-corrected chi connectivity index (χ0v) is 8.68. The van der Waals surface area contributed by atoms with Gasteiger partial charge in [-0.2, -0.15) is 0 Å². The van der Waals surface area contributed by atoms with E-state index in [2.05, 4.69) is 32.9 Å². The lowest BCUT2D eigenvalue weighted by molar-refractivity contribution is -0.0979. The Bertz CT molecular complexity index is 256. The Morgan fingerprint density at radius 2 is 1.46 bits per heavy atom. The largest absolute Gasteiger partial charge is 0.496 e. The Labute approximate surface area is 79.5 Å². The Hall–Kier alpha value is -1.31. The topological polar surface area (TPSA) is 26.3 Å². The Morgan fingerprint density at radius 3 is 1.77 bits per heavy atom. The molecule has 2 heteroatoms. The van der Waals surface area contributed by atoms with E-state index < -0.39 is 0 Å². The fraction of sp³-hybridized carbons (Fsp3) is 0.364. The van der Waals surface area contributed by atoms with E-state index in [-0.39, 0.29) is 0 Å². The minimum absolute atomic E-state index is 1.01. The van der Waals surface area contributed by atoms with E-state index in [1.54, 1.807) is 7.11 Å².